The van der Waals surface area contributed by atoms with Gasteiger partial charge in [-0.3, -0.25) is 0 Å². The van der Waals surface area contributed by atoms with Crippen LogP contribution in [-0.2, 0) is 10.0 Å². The maximum atomic E-state index is 12.7. The highest BCUT2D eigenvalue weighted by atomic mass is 32.2. The average molecular weight is 320 g/mol. The molecule has 5 nitrogen and oxygen atoms in total. The Hall–Kier alpha value is -1.28. The smallest absolute Gasteiger partial charge is 0.272 e. The lowest BCUT2D eigenvalue weighted by Gasteiger charge is -2.32. The van der Waals surface area contributed by atoms with Gasteiger partial charge in [0.2, 0.25) is 15.9 Å². The van der Waals surface area contributed by atoms with Gasteiger partial charge in [0.05, 0.1) is 0 Å². The Morgan fingerprint density at radius 1 is 1.48 bits per heavy atom. The molecule has 1 unspecified atom stereocenters. The molecule has 2 heterocycles. The molecular weight excluding hydrogens is 302 g/mol. The van der Waals surface area contributed by atoms with Crippen LogP contribution < -0.4 is 4.74 Å². The van der Waals surface area contributed by atoms with E-state index in [0.29, 0.717) is 6.54 Å². The number of rotatable bonds is 5. The van der Waals surface area contributed by atoms with E-state index < -0.39 is 23.1 Å². The standard InChI is InChI=1S/C13H18F2N2O3S/c1-10-5-2-3-8-17(10)21(18,19)11-6-4-7-16-13(11)20-9-12(14)15/h4,6-7,10,12H,2-3,5,8-9H2,1H3. The van der Waals surface area contributed by atoms with E-state index in [9.17, 15) is 17.2 Å². The lowest BCUT2D eigenvalue weighted by Crippen LogP contribution is -2.42. The fraction of sp³-hybridized carbons (Fsp3) is 0.615. The molecule has 0 aromatic carbocycles. The normalized spacial score (nSPS) is 20.7. The second-order valence-electron chi connectivity index (χ2n) is 4.97. The molecule has 0 saturated carbocycles. The second-order valence-corrected chi connectivity index (χ2v) is 6.83. The third-order valence-corrected chi connectivity index (χ3v) is 5.44. The van der Waals surface area contributed by atoms with Gasteiger partial charge in [-0.1, -0.05) is 6.42 Å². The highest BCUT2D eigenvalue weighted by Gasteiger charge is 2.33. The van der Waals surface area contributed by atoms with Gasteiger partial charge in [-0.2, -0.15) is 4.31 Å². The number of alkyl halides is 2. The Morgan fingerprint density at radius 3 is 2.90 bits per heavy atom. The zero-order valence-corrected chi connectivity index (χ0v) is 12.5. The Morgan fingerprint density at radius 2 is 2.24 bits per heavy atom. The number of aromatic nitrogens is 1. The molecule has 2 rings (SSSR count). The van der Waals surface area contributed by atoms with E-state index in [4.69, 9.17) is 4.74 Å². The molecule has 1 saturated heterocycles. The summed E-state index contributed by atoms with van der Waals surface area (Å²) in [5.74, 6) is -0.268. The number of halogens is 2. The first-order valence-corrected chi connectivity index (χ1v) is 8.24. The highest BCUT2D eigenvalue weighted by molar-refractivity contribution is 7.89. The maximum absolute atomic E-state index is 12.7. The molecule has 0 aliphatic carbocycles. The van der Waals surface area contributed by atoms with Crippen LogP contribution in [0.15, 0.2) is 23.2 Å². The summed E-state index contributed by atoms with van der Waals surface area (Å²) in [5.41, 5.74) is 0. The fourth-order valence-electron chi connectivity index (χ4n) is 2.38. The van der Waals surface area contributed by atoms with Crippen LogP contribution in [0.2, 0.25) is 0 Å². The molecule has 8 heteroatoms. The Labute approximate surface area is 123 Å². The van der Waals surface area contributed by atoms with Gasteiger partial charge in [0.1, 0.15) is 4.90 Å². The molecule has 0 N–H and O–H groups in total. The molecule has 21 heavy (non-hydrogen) atoms. The maximum Gasteiger partial charge on any atom is 0.272 e. The third-order valence-electron chi connectivity index (χ3n) is 3.41. The largest absolute Gasteiger partial charge is 0.471 e. The Balaban J connectivity index is 2.31. The van der Waals surface area contributed by atoms with E-state index in [1.807, 2.05) is 6.92 Å². The van der Waals surface area contributed by atoms with Crippen molar-refractivity contribution in [3.8, 4) is 5.88 Å². The van der Waals surface area contributed by atoms with E-state index in [-0.39, 0.29) is 16.8 Å². The van der Waals surface area contributed by atoms with Crippen molar-refractivity contribution in [3.63, 3.8) is 0 Å². The first-order valence-electron chi connectivity index (χ1n) is 6.80. The molecule has 1 aromatic heterocycles. The van der Waals surface area contributed by atoms with Crippen molar-refractivity contribution in [2.24, 2.45) is 0 Å². The van der Waals surface area contributed by atoms with Crippen LogP contribution in [0.5, 0.6) is 5.88 Å². The van der Waals surface area contributed by atoms with Crippen molar-refractivity contribution < 1.29 is 21.9 Å². The van der Waals surface area contributed by atoms with Gasteiger partial charge in [-0.05, 0) is 31.9 Å². The molecule has 1 aliphatic rings. The number of piperidine rings is 1. The second kappa shape index (κ2) is 6.65. The summed E-state index contributed by atoms with van der Waals surface area (Å²) in [5, 5.41) is 0. The Bertz CT molecular complexity index is 581. The third kappa shape index (κ3) is 3.68. The first kappa shape index (κ1) is 16.1. The van der Waals surface area contributed by atoms with Gasteiger partial charge >= 0.3 is 0 Å². The number of hydrogen-bond donors (Lipinski definition) is 0. The SMILES string of the molecule is CC1CCCCN1S(=O)(=O)c1cccnc1OCC(F)F. The van der Waals surface area contributed by atoms with Crippen LogP contribution in [0.1, 0.15) is 26.2 Å². The van der Waals surface area contributed by atoms with Crippen molar-refractivity contribution in [1.82, 2.24) is 9.29 Å². The van der Waals surface area contributed by atoms with Crippen LogP contribution in [0.3, 0.4) is 0 Å². The summed E-state index contributed by atoms with van der Waals surface area (Å²) in [6.45, 7) is 1.38. The topological polar surface area (TPSA) is 59.5 Å². The summed E-state index contributed by atoms with van der Waals surface area (Å²) in [6.07, 6.45) is 1.19. The van der Waals surface area contributed by atoms with E-state index >= 15 is 0 Å². The van der Waals surface area contributed by atoms with E-state index in [1.54, 1.807) is 0 Å². The fourth-order valence-corrected chi connectivity index (χ4v) is 4.16. The molecular formula is C13H18F2N2O3S. The summed E-state index contributed by atoms with van der Waals surface area (Å²) in [6, 6.07) is 2.67. The van der Waals surface area contributed by atoms with Crippen LogP contribution >= 0.6 is 0 Å². The van der Waals surface area contributed by atoms with Gasteiger partial charge in [0, 0.05) is 18.8 Å². The molecule has 1 atom stereocenters. The Kier molecular flexibility index (Phi) is 5.10. The number of hydrogen-bond acceptors (Lipinski definition) is 4. The molecule has 0 bridgehead atoms. The van der Waals surface area contributed by atoms with Crippen LogP contribution in [0, 0.1) is 0 Å². The predicted octanol–water partition coefficient (Wildman–Crippen LogP) is 2.29. The van der Waals surface area contributed by atoms with E-state index in [1.165, 1.54) is 22.6 Å². The van der Waals surface area contributed by atoms with Crippen LogP contribution in [-0.4, -0.2) is 43.3 Å². The number of pyridine rings is 1. The summed E-state index contributed by atoms with van der Waals surface area (Å²) in [7, 11) is -3.79. The molecule has 1 aliphatic heterocycles. The minimum Gasteiger partial charge on any atom is -0.471 e. The number of ether oxygens (including phenoxy) is 1. The quantitative estimate of drug-likeness (QED) is 0.835. The molecule has 1 fully saturated rings. The lowest BCUT2D eigenvalue weighted by atomic mass is 10.1. The lowest BCUT2D eigenvalue weighted by molar-refractivity contribution is 0.0778. The van der Waals surface area contributed by atoms with Crippen LogP contribution in [0.25, 0.3) is 0 Å². The number of sulfonamides is 1. The first-order chi connectivity index (χ1) is 9.93. The van der Waals surface area contributed by atoms with E-state index in [2.05, 4.69) is 4.98 Å². The summed E-state index contributed by atoms with van der Waals surface area (Å²) < 4.78 is 56.1. The molecule has 0 amide bonds. The molecule has 0 radical (unpaired) electrons. The molecule has 1 aromatic rings. The van der Waals surface area contributed by atoms with Gasteiger partial charge in [0.25, 0.3) is 6.43 Å². The van der Waals surface area contributed by atoms with Crippen molar-refractivity contribution in [2.75, 3.05) is 13.2 Å². The monoisotopic (exact) mass is 320 g/mol. The minimum atomic E-state index is -3.79. The van der Waals surface area contributed by atoms with Crippen molar-refractivity contribution in [3.05, 3.63) is 18.3 Å². The van der Waals surface area contributed by atoms with Crippen molar-refractivity contribution in [2.45, 2.75) is 43.5 Å². The highest BCUT2D eigenvalue weighted by Crippen LogP contribution is 2.29. The van der Waals surface area contributed by atoms with Gasteiger partial charge in [-0.15, -0.1) is 0 Å². The minimum absolute atomic E-state index is 0.119. The van der Waals surface area contributed by atoms with Crippen LogP contribution in [0.4, 0.5) is 8.78 Å². The number of nitrogens with zero attached hydrogens (tertiary/aromatic N) is 2. The summed E-state index contributed by atoms with van der Waals surface area (Å²) >= 11 is 0. The van der Waals surface area contributed by atoms with Crippen molar-refractivity contribution >= 4 is 10.0 Å². The van der Waals surface area contributed by atoms with E-state index in [0.717, 1.165) is 19.3 Å². The molecule has 118 valence electrons. The zero-order valence-electron chi connectivity index (χ0n) is 11.7. The molecule has 0 spiro atoms. The summed E-state index contributed by atoms with van der Waals surface area (Å²) in [4.78, 5) is 3.62. The van der Waals surface area contributed by atoms with Crippen molar-refractivity contribution in [1.29, 1.82) is 0 Å². The van der Waals surface area contributed by atoms with Gasteiger partial charge in [-0.25, -0.2) is 22.2 Å². The predicted molar refractivity (Wildman–Crippen MR) is 72.9 cm³/mol. The van der Waals surface area contributed by atoms with Gasteiger partial charge in [0.15, 0.2) is 6.61 Å². The zero-order chi connectivity index (χ0) is 15.5. The average Bonchev–Trinajstić information content (AvgIpc) is 2.45. The van der Waals surface area contributed by atoms with Gasteiger partial charge < -0.3 is 4.74 Å².